The third-order valence-corrected chi connectivity index (χ3v) is 8.20. The number of amides is 1. The molecule has 0 fully saturated rings. The Morgan fingerprint density at radius 3 is 1.97 bits per heavy atom. The maximum absolute atomic E-state index is 15.0. The molecule has 1 amide bonds. The maximum atomic E-state index is 15.0. The summed E-state index contributed by atoms with van der Waals surface area (Å²) < 4.78 is 0. The molecule has 0 radical (unpaired) electrons. The molecule has 4 heteroatoms. The van der Waals surface area contributed by atoms with Gasteiger partial charge in [-0.2, -0.15) is 10.1 Å². The van der Waals surface area contributed by atoms with Gasteiger partial charge in [-0.05, 0) is 67.3 Å². The first-order valence-corrected chi connectivity index (χ1v) is 13.1. The van der Waals surface area contributed by atoms with Gasteiger partial charge in [0.15, 0.2) is 0 Å². The summed E-state index contributed by atoms with van der Waals surface area (Å²) in [4.78, 5) is 17.3. The highest BCUT2D eigenvalue weighted by atomic mass is 16.2. The molecule has 0 unspecified atom stereocenters. The van der Waals surface area contributed by atoms with Crippen molar-refractivity contribution in [3.63, 3.8) is 0 Å². The molecule has 0 bridgehead atoms. The van der Waals surface area contributed by atoms with Crippen LogP contribution < -0.4 is 9.91 Å². The lowest BCUT2D eigenvalue weighted by Crippen LogP contribution is -2.55. The number of nitrogens with zero attached hydrogens (tertiary/aromatic N) is 3. The number of benzene rings is 4. The molecule has 0 saturated carbocycles. The summed E-state index contributed by atoms with van der Waals surface area (Å²) in [5, 5.41) is 6.57. The van der Waals surface area contributed by atoms with Crippen molar-refractivity contribution in [2.24, 2.45) is 10.5 Å². The van der Waals surface area contributed by atoms with Crippen LogP contribution in [0.4, 0.5) is 17.1 Å². The number of fused-ring (bicyclic) bond motifs is 1. The maximum Gasteiger partial charge on any atom is 0.262 e. The molecule has 2 aliphatic heterocycles. The Bertz CT molecular complexity index is 1570. The Labute approximate surface area is 224 Å². The van der Waals surface area contributed by atoms with Crippen molar-refractivity contribution in [1.82, 2.24) is 0 Å². The summed E-state index contributed by atoms with van der Waals surface area (Å²) in [6, 6.07) is 34.6. The molecule has 3 atom stereocenters. The Morgan fingerprint density at radius 1 is 0.737 bits per heavy atom. The molecule has 0 N–H and O–H groups in total. The van der Waals surface area contributed by atoms with E-state index in [0.717, 1.165) is 45.0 Å². The van der Waals surface area contributed by atoms with Crippen molar-refractivity contribution in [3.05, 3.63) is 138 Å². The molecule has 2 heterocycles. The molecule has 188 valence electrons. The van der Waals surface area contributed by atoms with Gasteiger partial charge in [0.25, 0.3) is 5.91 Å². The van der Waals surface area contributed by atoms with Crippen LogP contribution >= 0.6 is 0 Å². The van der Waals surface area contributed by atoms with E-state index in [1.165, 1.54) is 0 Å². The van der Waals surface area contributed by atoms with Crippen LogP contribution in [0.2, 0.25) is 0 Å². The average molecular weight is 498 g/mol. The number of allylic oxidation sites excluding steroid dienone is 1. The fourth-order valence-corrected chi connectivity index (χ4v) is 6.45. The number of carbonyl (C=O) groups is 1. The number of carbonyl (C=O) groups excluding carboxylic acids is 1. The smallest absolute Gasteiger partial charge is 0.262 e. The molecule has 4 aromatic carbocycles. The quantitative estimate of drug-likeness (QED) is 0.269. The number of hydrogen-bond acceptors (Lipinski definition) is 3. The van der Waals surface area contributed by atoms with Gasteiger partial charge in [-0.3, -0.25) is 4.79 Å². The first-order valence-electron chi connectivity index (χ1n) is 13.1. The molecule has 0 aliphatic carbocycles. The van der Waals surface area contributed by atoms with Gasteiger partial charge in [0, 0.05) is 17.3 Å². The minimum absolute atomic E-state index is 0.0348. The van der Waals surface area contributed by atoms with Crippen LogP contribution in [0.3, 0.4) is 0 Å². The molecule has 0 aromatic heterocycles. The van der Waals surface area contributed by atoms with E-state index in [4.69, 9.17) is 5.10 Å². The standard InChI is InChI=1S/C34H31N3O/c1-5-29-28-20-12-14-22-31(28)36(30-21-13-10-16-24(30)3)32(27-19-11-9-15-23(27)2)34(29)25(4)35-37(33(34)38)26-17-7-6-8-18-26/h5-22,29,32H,1H2,2-4H3/t29-,32-,34+/m1/s1. The van der Waals surface area contributed by atoms with E-state index in [-0.39, 0.29) is 17.9 Å². The van der Waals surface area contributed by atoms with Crippen LogP contribution in [0, 0.1) is 19.3 Å². The van der Waals surface area contributed by atoms with E-state index < -0.39 is 5.41 Å². The van der Waals surface area contributed by atoms with Crippen LogP contribution in [0.25, 0.3) is 0 Å². The van der Waals surface area contributed by atoms with Gasteiger partial charge in [0.2, 0.25) is 0 Å². The van der Waals surface area contributed by atoms with E-state index >= 15 is 0 Å². The number of hydrogen-bond donors (Lipinski definition) is 0. The number of para-hydroxylation sites is 3. The Kier molecular flexibility index (Phi) is 5.76. The highest BCUT2D eigenvalue weighted by Crippen LogP contribution is 2.62. The molecule has 4 aromatic rings. The zero-order valence-corrected chi connectivity index (χ0v) is 22.0. The van der Waals surface area contributed by atoms with Gasteiger partial charge in [0.1, 0.15) is 5.41 Å². The Hall–Kier alpha value is -4.44. The van der Waals surface area contributed by atoms with Crippen LogP contribution in [-0.4, -0.2) is 11.6 Å². The highest BCUT2D eigenvalue weighted by Gasteiger charge is 2.64. The fourth-order valence-electron chi connectivity index (χ4n) is 6.45. The summed E-state index contributed by atoms with van der Waals surface area (Å²) in [6.07, 6.45) is 1.95. The van der Waals surface area contributed by atoms with Gasteiger partial charge in [0.05, 0.1) is 17.4 Å². The molecule has 0 saturated heterocycles. The normalized spacial score (nSPS) is 22.4. The lowest BCUT2D eigenvalue weighted by atomic mass is 9.59. The largest absolute Gasteiger partial charge is 0.332 e. The molecular formula is C34H31N3O. The van der Waals surface area contributed by atoms with Crippen LogP contribution in [0.15, 0.2) is 121 Å². The number of anilines is 3. The zero-order chi connectivity index (χ0) is 26.4. The fraction of sp³-hybridized carbons (Fsp3) is 0.176. The molecule has 6 rings (SSSR count). The van der Waals surface area contributed by atoms with Crippen LogP contribution in [-0.2, 0) is 4.79 Å². The van der Waals surface area contributed by atoms with Crippen molar-refractivity contribution < 1.29 is 4.79 Å². The Morgan fingerprint density at radius 2 is 1.32 bits per heavy atom. The minimum atomic E-state index is -1.000. The molecule has 38 heavy (non-hydrogen) atoms. The predicted molar refractivity (Wildman–Crippen MR) is 156 cm³/mol. The SMILES string of the molecule is C=C[C@@H]1c2ccccc2N(c2ccccc2C)[C@H](c2ccccc2C)[C@@]12C(=O)N(c1ccccc1)N=C2C. The summed E-state index contributed by atoms with van der Waals surface area (Å²) >= 11 is 0. The van der Waals surface area contributed by atoms with Gasteiger partial charge < -0.3 is 4.90 Å². The minimum Gasteiger partial charge on any atom is -0.332 e. The third-order valence-electron chi connectivity index (χ3n) is 8.20. The van der Waals surface area contributed by atoms with E-state index in [1.807, 2.05) is 49.4 Å². The van der Waals surface area contributed by atoms with E-state index in [1.54, 1.807) is 5.01 Å². The first-order chi connectivity index (χ1) is 18.5. The van der Waals surface area contributed by atoms with Crippen molar-refractivity contribution >= 4 is 28.7 Å². The summed E-state index contributed by atoms with van der Waals surface area (Å²) in [5.74, 6) is -0.305. The van der Waals surface area contributed by atoms with Gasteiger partial charge in [-0.25, -0.2) is 0 Å². The number of aryl methyl sites for hydroxylation is 2. The second kappa shape index (κ2) is 9.14. The molecule has 1 spiro atoms. The van der Waals surface area contributed by atoms with Crippen LogP contribution in [0.5, 0.6) is 0 Å². The zero-order valence-electron chi connectivity index (χ0n) is 22.0. The lowest BCUT2D eigenvalue weighted by Gasteiger charge is -2.53. The topological polar surface area (TPSA) is 35.9 Å². The molecule has 2 aliphatic rings. The van der Waals surface area contributed by atoms with Crippen LogP contribution in [0.1, 0.15) is 41.1 Å². The number of hydrazone groups is 1. The van der Waals surface area contributed by atoms with Gasteiger partial charge in [-0.15, -0.1) is 6.58 Å². The second-order valence-corrected chi connectivity index (χ2v) is 10.2. The van der Waals surface area contributed by atoms with Crippen molar-refractivity contribution in [1.29, 1.82) is 0 Å². The summed E-state index contributed by atoms with van der Waals surface area (Å²) in [5.41, 5.74) is 7.19. The lowest BCUT2D eigenvalue weighted by molar-refractivity contribution is -0.125. The van der Waals surface area contributed by atoms with Crippen molar-refractivity contribution in [2.45, 2.75) is 32.7 Å². The van der Waals surface area contributed by atoms with E-state index in [2.05, 4.69) is 92.1 Å². The second-order valence-electron chi connectivity index (χ2n) is 10.2. The van der Waals surface area contributed by atoms with Gasteiger partial charge >= 0.3 is 0 Å². The van der Waals surface area contributed by atoms with Gasteiger partial charge in [-0.1, -0.05) is 84.9 Å². The predicted octanol–water partition coefficient (Wildman–Crippen LogP) is 7.88. The third kappa shape index (κ3) is 3.30. The monoisotopic (exact) mass is 497 g/mol. The molecular weight excluding hydrogens is 466 g/mol. The van der Waals surface area contributed by atoms with E-state index in [9.17, 15) is 4.79 Å². The molecule has 4 nitrogen and oxygen atoms in total. The van der Waals surface area contributed by atoms with Crippen molar-refractivity contribution in [3.8, 4) is 0 Å². The average Bonchev–Trinajstić information content (AvgIpc) is 3.20. The van der Waals surface area contributed by atoms with E-state index in [0.29, 0.717) is 0 Å². The number of rotatable bonds is 4. The highest BCUT2D eigenvalue weighted by molar-refractivity contribution is 6.21. The van der Waals surface area contributed by atoms with Crippen molar-refractivity contribution in [2.75, 3.05) is 9.91 Å². The Balaban J connectivity index is 1.72. The first kappa shape index (κ1) is 23.9. The summed E-state index contributed by atoms with van der Waals surface area (Å²) in [7, 11) is 0. The summed E-state index contributed by atoms with van der Waals surface area (Å²) in [6.45, 7) is 10.6.